The van der Waals surface area contributed by atoms with Gasteiger partial charge >= 0.3 is 0 Å². The van der Waals surface area contributed by atoms with Gasteiger partial charge in [0.25, 0.3) is 0 Å². The van der Waals surface area contributed by atoms with Crippen LogP contribution in [0.3, 0.4) is 0 Å². The molecule has 0 radical (unpaired) electrons. The van der Waals surface area contributed by atoms with Gasteiger partial charge in [-0.3, -0.25) is 0 Å². The number of hydrogen-bond donors (Lipinski definition) is 1. The zero-order valence-electron chi connectivity index (χ0n) is 7.89. The number of aliphatic hydroxyl groups is 1. The second-order valence-corrected chi connectivity index (χ2v) is 4.19. The first kappa shape index (κ1) is 8.79. The Kier molecular flexibility index (Phi) is 2.10. The minimum absolute atomic E-state index is 0.182. The fourth-order valence-electron chi connectivity index (χ4n) is 1.95. The molecule has 0 fully saturated rings. The number of rotatable bonds is 1. The Labute approximate surface area is 69.1 Å². The van der Waals surface area contributed by atoms with Crippen molar-refractivity contribution in [1.82, 2.24) is 0 Å². The summed E-state index contributed by atoms with van der Waals surface area (Å²) in [6.45, 7) is 8.47. The van der Waals surface area contributed by atoms with Crippen molar-refractivity contribution in [3.63, 3.8) is 0 Å². The summed E-state index contributed by atoms with van der Waals surface area (Å²) in [6.07, 6.45) is 3.10. The van der Waals surface area contributed by atoms with E-state index in [1.807, 2.05) is 6.92 Å². The normalized spacial score (nSPS) is 31.7. The summed E-state index contributed by atoms with van der Waals surface area (Å²) in [5.74, 6) is 0.419. The van der Waals surface area contributed by atoms with Gasteiger partial charge in [-0.15, -0.1) is 0 Å². The average molecular weight is 154 g/mol. The molecule has 0 aliphatic heterocycles. The molecular weight excluding hydrogens is 136 g/mol. The van der Waals surface area contributed by atoms with Crippen molar-refractivity contribution in [3.8, 4) is 0 Å². The van der Waals surface area contributed by atoms with Crippen molar-refractivity contribution < 1.29 is 5.11 Å². The third kappa shape index (κ3) is 1.34. The SMILES string of the molecule is CC1=CC[C@@H](C(C)O)C1(C)C. The van der Waals surface area contributed by atoms with Crippen LogP contribution in [0.15, 0.2) is 11.6 Å². The minimum atomic E-state index is -0.182. The zero-order chi connectivity index (χ0) is 8.65. The molecular formula is C10H18O. The molecule has 1 heteroatoms. The average Bonchev–Trinajstić information content (AvgIpc) is 2.08. The number of allylic oxidation sites excluding steroid dienone is 2. The van der Waals surface area contributed by atoms with Crippen molar-refractivity contribution in [2.24, 2.45) is 11.3 Å². The highest BCUT2D eigenvalue weighted by atomic mass is 16.3. The predicted molar refractivity (Wildman–Crippen MR) is 47.3 cm³/mol. The van der Waals surface area contributed by atoms with Gasteiger partial charge in [-0.25, -0.2) is 0 Å². The van der Waals surface area contributed by atoms with Gasteiger partial charge in [0.05, 0.1) is 6.10 Å². The molecule has 0 amide bonds. The summed E-state index contributed by atoms with van der Waals surface area (Å²) < 4.78 is 0. The third-order valence-electron chi connectivity index (χ3n) is 3.20. The molecule has 0 bridgehead atoms. The molecule has 11 heavy (non-hydrogen) atoms. The van der Waals surface area contributed by atoms with E-state index in [1.54, 1.807) is 0 Å². The van der Waals surface area contributed by atoms with Crippen LogP contribution in [0.1, 0.15) is 34.1 Å². The highest BCUT2D eigenvalue weighted by Crippen LogP contribution is 2.44. The Hall–Kier alpha value is -0.300. The van der Waals surface area contributed by atoms with Gasteiger partial charge in [0, 0.05) is 0 Å². The molecule has 0 aromatic carbocycles. The highest BCUT2D eigenvalue weighted by Gasteiger charge is 2.37. The lowest BCUT2D eigenvalue weighted by atomic mass is 9.75. The largest absolute Gasteiger partial charge is 0.393 e. The van der Waals surface area contributed by atoms with Crippen molar-refractivity contribution in [3.05, 3.63) is 11.6 Å². The molecule has 1 nitrogen and oxygen atoms in total. The molecule has 1 aliphatic rings. The van der Waals surface area contributed by atoms with E-state index in [-0.39, 0.29) is 11.5 Å². The molecule has 1 rings (SSSR count). The van der Waals surface area contributed by atoms with E-state index in [4.69, 9.17) is 0 Å². The molecule has 2 atom stereocenters. The molecule has 0 aromatic heterocycles. The highest BCUT2D eigenvalue weighted by molar-refractivity contribution is 5.18. The first-order valence-electron chi connectivity index (χ1n) is 4.31. The van der Waals surface area contributed by atoms with E-state index in [1.165, 1.54) is 5.57 Å². The molecule has 0 saturated carbocycles. The Morgan fingerprint density at radius 1 is 1.64 bits per heavy atom. The fourth-order valence-corrected chi connectivity index (χ4v) is 1.95. The van der Waals surface area contributed by atoms with E-state index in [9.17, 15) is 5.11 Å². The Balaban J connectivity index is 2.78. The van der Waals surface area contributed by atoms with Crippen LogP contribution in [0, 0.1) is 11.3 Å². The number of hydrogen-bond acceptors (Lipinski definition) is 1. The fraction of sp³-hybridized carbons (Fsp3) is 0.800. The summed E-state index contributed by atoms with van der Waals surface area (Å²) in [7, 11) is 0. The minimum Gasteiger partial charge on any atom is -0.393 e. The van der Waals surface area contributed by atoms with Crippen LogP contribution in [0.25, 0.3) is 0 Å². The lowest BCUT2D eigenvalue weighted by Crippen LogP contribution is -2.29. The van der Waals surface area contributed by atoms with E-state index in [2.05, 4.69) is 26.8 Å². The van der Waals surface area contributed by atoms with Crippen LogP contribution >= 0.6 is 0 Å². The van der Waals surface area contributed by atoms with Gasteiger partial charge in [0.2, 0.25) is 0 Å². The van der Waals surface area contributed by atoms with Crippen molar-refractivity contribution in [1.29, 1.82) is 0 Å². The third-order valence-corrected chi connectivity index (χ3v) is 3.20. The summed E-state index contributed by atoms with van der Waals surface area (Å²) >= 11 is 0. The molecule has 0 saturated heterocycles. The first-order chi connectivity index (χ1) is 4.96. The second kappa shape index (κ2) is 2.63. The van der Waals surface area contributed by atoms with E-state index >= 15 is 0 Å². The summed E-state index contributed by atoms with van der Waals surface area (Å²) in [4.78, 5) is 0. The van der Waals surface area contributed by atoms with Gasteiger partial charge in [-0.05, 0) is 31.6 Å². The van der Waals surface area contributed by atoms with Crippen LogP contribution in [0.4, 0.5) is 0 Å². The van der Waals surface area contributed by atoms with Gasteiger partial charge in [0.15, 0.2) is 0 Å². The van der Waals surface area contributed by atoms with Gasteiger partial charge in [-0.1, -0.05) is 25.5 Å². The van der Waals surface area contributed by atoms with Crippen LogP contribution < -0.4 is 0 Å². The quantitative estimate of drug-likeness (QED) is 0.575. The molecule has 0 spiro atoms. The predicted octanol–water partition coefficient (Wildman–Crippen LogP) is 2.36. The lowest BCUT2D eigenvalue weighted by Gasteiger charge is -2.31. The molecule has 0 aromatic rings. The maximum Gasteiger partial charge on any atom is 0.0551 e. The monoisotopic (exact) mass is 154 g/mol. The van der Waals surface area contributed by atoms with Gasteiger partial charge in [0.1, 0.15) is 0 Å². The molecule has 64 valence electrons. The van der Waals surface area contributed by atoms with Crippen LogP contribution in [-0.2, 0) is 0 Å². The van der Waals surface area contributed by atoms with Crippen LogP contribution in [0.2, 0.25) is 0 Å². The van der Waals surface area contributed by atoms with Gasteiger partial charge in [-0.2, -0.15) is 0 Å². The number of aliphatic hydroxyl groups excluding tert-OH is 1. The van der Waals surface area contributed by atoms with Crippen molar-refractivity contribution >= 4 is 0 Å². The van der Waals surface area contributed by atoms with E-state index in [0.29, 0.717) is 5.92 Å². The molecule has 1 unspecified atom stereocenters. The zero-order valence-corrected chi connectivity index (χ0v) is 7.89. The first-order valence-corrected chi connectivity index (χ1v) is 4.31. The smallest absolute Gasteiger partial charge is 0.0551 e. The van der Waals surface area contributed by atoms with Crippen LogP contribution in [-0.4, -0.2) is 11.2 Å². The Morgan fingerprint density at radius 3 is 2.36 bits per heavy atom. The standard InChI is InChI=1S/C10H18O/c1-7-5-6-9(8(2)11)10(7,3)4/h5,8-9,11H,6H2,1-4H3/t8?,9-/m0/s1. The second-order valence-electron chi connectivity index (χ2n) is 4.19. The topological polar surface area (TPSA) is 20.2 Å². The van der Waals surface area contributed by atoms with Crippen molar-refractivity contribution in [2.75, 3.05) is 0 Å². The van der Waals surface area contributed by atoms with Gasteiger partial charge < -0.3 is 5.11 Å². The lowest BCUT2D eigenvalue weighted by molar-refractivity contribution is 0.0759. The van der Waals surface area contributed by atoms with Crippen LogP contribution in [0.5, 0.6) is 0 Å². The molecule has 1 N–H and O–H groups in total. The molecule has 0 heterocycles. The maximum absolute atomic E-state index is 9.47. The Bertz CT molecular complexity index is 177. The summed E-state index contributed by atoms with van der Waals surface area (Å²) in [6, 6.07) is 0. The Morgan fingerprint density at radius 2 is 2.18 bits per heavy atom. The summed E-state index contributed by atoms with van der Waals surface area (Å²) in [5, 5.41) is 9.47. The maximum atomic E-state index is 9.47. The van der Waals surface area contributed by atoms with Crippen molar-refractivity contribution in [2.45, 2.75) is 40.2 Å². The molecule has 1 aliphatic carbocycles. The van der Waals surface area contributed by atoms with E-state index < -0.39 is 0 Å². The summed E-state index contributed by atoms with van der Waals surface area (Å²) in [5.41, 5.74) is 1.62. The van der Waals surface area contributed by atoms with E-state index in [0.717, 1.165) is 6.42 Å².